The zero-order chi connectivity index (χ0) is 28.8. The van der Waals surface area contributed by atoms with Crippen LogP contribution < -0.4 is 10.0 Å². The van der Waals surface area contributed by atoms with Crippen molar-refractivity contribution in [1.82, 2.24) is 14.9 Å². The van der Waals surface area contributed by atoms with Crippen molar-refractivity contribution in [3.05, 3.63) is 106 Å². The van der Waals surface area contributed by atoms with E-state index in [0.717, 1.165) is 22.9 Å². The maximum atomic E-state index is 13.6. The van der Waals surface area contributed by atoms with Crippen LogP contribution in [0, 0.1) is 0 Å². The number of amides is 1. The normalized spacial score (nSPS) is 20.3. The van der Waals surface area contributed by atoms with Crippen molar-refractivity contribution >= 4 is 39.1 Å². The fraction of sp³-hybridized carbons (Fsp3) is 0.367. The molecule has 1 aliphatic rings. The van der Waals surface area contributed by atoms with Gasteiger partial charge in [0.1, 0.15) is 0 Å². The van der Waals surface area contributed by atoms with Gasteiger partial charge in [0.05, 0.1) is 35.1 Å². The number of ether oxygens (including phenoxy) is 1. The van der Waals surface area contributed by atoms with Crippen LogP contribution in [0.3, 0.4) is 0 Å². The van der Waals surface area contributed by atoms with Gasteiger partial charge in [0.25, 0.3) is 0 Å². The van der Waals surface area contributed by atoms with Crippen LogP contribution in [0.1, 0.15) is 30.0 Å². The number of carbonyl (C=O) groups excluding carboxylic acids is 1. The molecule has 3 atom stereocenters. The highest BCUT2D eigenvalue weighted by molar-refractivity contribution is 7.88. The third-order valence-corrected chi connectivity index (χ3v) is 8.81. The molecule has 214 valence electrons. The SMILES string of the molecule is CC(NCc1ccc(Cl)c(Cl)c1)C(=O)N1CCC(CNS(C)(=O)=O)(c2ccccc2)C(OCc2ccccc2)C1. The van der Waals surface area contributed by atoms with Crippen molar-refractivity contribution in [1.29, 1.82) is 0 Å². The molecule has 0 aliphatic carbocycles. The third-order valence-electron chi connectivity index (χ3n) is 7.40. The number of sulfonamides is 1. The molecule has 1 fully saturated rings. The van der Waals surface area contributed by atoms with Gasteiger partial charge in [0.2, 0.25) is 15.9 Å². The Labute approximate surface area is 246 Å². The van der Waals surface area contributed by atoms with Gasteiger partial charge in [-0.2, -0.15) is 0 Å². The maximum absolute atomic E-state index is 13.6. The van der Waals surface area contributed by atoms with Gasteiger partial charge in [-0.1, -0.05) is 89.9 Å². The zero-order valence-corrected chi connectivity index (χ0v) is 25.0. The number of likely N-dealkylation sites (tertiary alicyclic amines) is 1. The quantitative estimate of drug-likeness (QED) is 0.329. The van der Waals surface area contributed by atoms with Gasteiger partial charge >= 0.3 is 0 Å². The predicted molar refractivity (Wildman–Crippen MR) is 160 cm³/mol. The van der Waals surface area contributed by atoms with Crippen molar-refractivity contribution in [3.8, 4) is 0 Å². The van der Waals surface area contributed by atoms with Gasteiger partial charge in [-0.05, 0) is 42.2 Å². The first-order valence-electron chi connectivity index (χ1n) is 13.2. The first-order valence-corrected chi connectivity index (χ1v) is 15.8. The largest absolute Gasteiger partial charge is 0.371 e. The van der Waals surface area contributed by atoms with E-state index in [2.05, 4.69) is 10.0 Å². The summed E-state index contributed by atoms with van der Waals surface area (Å²) in [6, 6.07) is 24.6. The van der Waals surface area contributed by atoms with Gasteiger partial charge in [0.15, 0.2) is 0 Å². The van der Waals surface area contributed by atoms with Crippen LogP contribution in [0.4, 0.5) is 0 Å². The van der Waals surface area contributed by atoms with Crippen molar-refractivity contribution in [2.24, 2.45) is 0 Å². The van der Waals surface area contributed by atoms with Gasteiger partial charge in [0, 0.05) is 31.6 Å². The van der Waals surface area contributed by atoms with Gasteiger partial charge in [-0.3, -0.25) is 4.79 Å². The highest BCUT2D eigenvalue weighted by atomic mass is 35.5. The van der Waals surface area contributed by atoms with E-state index in [1.54, 1.807) is 12.1 Å². The van der Waals surface area contributed by atoms with Crippen LogP contribution in [0.5, 0.6) is 0 Å². The lowest BCUT2D eigenvalue weighted by atomic mass is 9.70. The molecule has 1 heterocycles. The number of halogens is 2. The monoisotopic (exact) mass is 603 g/mol. The van der Waals surface area contributed by atoms with E-state index in [-0.39, 0.29) is 12.5 Å². The van der Waals surface area contributed by atoms with Crippen LogP contribution in [0.2, 0.25) is 10.0 Å². The van der Waals surface area contributed by atoms with Gasteiger partial charge in [-0.15, -0.1) is 0 Å². The molecule has 1 aliphatic heterocycles. The first-order chi connectivity index (χ1) is 19.1. The molecule has 3 aromatic carbocycles. The maximum Gasteiger partial charge on any atom is 0.239 e. The Balaban J connectivity index is 1.55. The van der Waals surface area contributed by atoms with E-state index in [1.807, 2.05) is 78.6 Å². The average molecular weight is 605 g/mol. The summed E-state index contributed by atoms with van der Waals surface area (Å²) in [5.41, 5.74) is 2.24. The number of rotatable bonds is 11. The molecule has 0 radical (unpaired) electrons. The molecule has 1 amide bonds. The lowest BCUT2D eigenvalue weighted by Gasteiger charge is -2.48. The summed E-state index contributed by atoms with van der Waals surface area (Å²) in [6.07, 6.45) is 1.24. The van der Waals surface area contributed by atoms with Crippen molar-refractivity contribution < 1.29 is 17.9 Å². The number of piperidine rings is 1. The smallest absolute Gasteiger partial charge is 0.239 e. The lowest BCUT2D eigenvalue weighted by molar-refractivity contribution is -0.141. The number of carbonyl (C=O) groups is 1. The molecule has 0 aromatic heterocycles. The Bertz CT molecular complexity index is 1390. The van der Waals surface area contributed by atoms with E-state index < -0.39 is 27.6 Å². The Hall–Kier alpha value is -2.46. The number of hydrogen-bond acceptors (Lipinski definition) is 5. The summed E-state index contributed by atoms with van der Waals surface area (Å²) >= 11 is 12.2. The van der Waals surface area contributed by atoms with Crippen molar-refractivity contribution in [2.45, 2.75) is 44.1 Å². The average Bonchev–Trinajstić information content (AvgIpc) is 2.96. The van der Waals surface area contributed by atoms with Crippen LogP contribution in [0.25, 0.3) is 0 Å². The summed E-state index contributed by atoms with van der Waals surface area (Å²) in [5, 5.41) is 4.24. The summed E-state index contributed by atoms with van der Waals surface area (Å²) < 4.78 is 33.6. The minimum atomic E-state index is -3.46. The van der Waals surface area contributed by atoms with Crippen LogP contribution >= 0.6 is 23.2 Å². The van der Waals surface area contributed by atoms with Crippen LogP contribution in [-0.2, 0) is 38.1 Å². The van der Waals surface area contributed by atoms with E-state index in [9.17, 15) is 13.2 Å². The molecule has 1 saturated heterocycles. The molecule has 10 heteroatoms. The van der Waals surface area contributed by atoms with E-state index in [4.69, 9.17) is 27.9 Å². The molecule has 0 saturated carbocycles. The lowest BCUT2D eigenvalue weighted by Crippen LogP contribution is -2.61. The number of nitrogens with one attached hydrogen (secondary N) is 2. The van der Waals surface area contributed by atoms with E-state index >= 15 is 0 Å². The minimum Gasteiger partial charge on any atom is -0.371 e. The molecule has 0 bridgehead atoms. The molecular formula is C30H35Cl2N3O4S. The molecule has 2 N–H and O–H groups in total. The molecule has 3 unspecified atom stereocenters. The first kappa shape index (κ1) is 30.5. The molecule has 4 rings (SSSR count). The second-order valence-electron chi connectivity index (χ2n) is 10.3. The highest BCUT2D eigenvalue weighted by Gasteiger charge is 2.47. The summed E-state index contributed by atoms with van der Waals surface area (Å²) in [6.45, 7) is 3.59. The Morgan fingerprint density at radius 1 is 1.02 bits per heavy atom. The Morgan fingerprint density at radius 3 is 2.35 bits per heavy atom. The third kappa shape index (κ3) is 7.84. The van der Waals surface area contributed by atoms with Gasteiger partial charge < -0.3 is 15.0 Å². The minimum absolute atomic E-state index is 0.0499. The summed E-state index contributed by atoms with van der Waals surface area (Å²) in [7, 11) is -3.46. The van der Waals surface area contributed by atoms with Crippen LogP contribution in [0.15, 0.2) is 78.9 Å². The zero-order valence-electron chi connectivity index (χ0n) is 22.6. The summed E-state index contributed by atoms with van der Waals surface area (Å²) in [4.78, 5) is 15.4. The Morgan fingerprint density at radius 2 is 1.70 bits per heavy atom. The predicted octanol–water partition coefficient (Wildman–Crippen LogP) is 4.78. The van der Waals surface area contributed by atoms with Gasteiger partial charge in [-0.25, -0.2) is 13.1 Å². The molecular weight excluding hydrogens is 569 g/mol. The molecule has 7 nitrogen and oxygen atoms in total. The number of nitrogens with zero attached hydrogens (tertiary/aromatic N) is 1. The second kappa shape index (κ2) is 13.5. The molecule has 0 spiro atoms. The second-order valence-corrected chi connectivity index (χ2v) is 12.9. The van der Waals surface area contributed by atoms with E-state index in [0.29, 0.717) is 42.7 Å². The van der Waals surface area contributed by atoms with Crippen molar-refractivity contribution in [3.63, 3.8) is 0 Å². The number of benzene rings is 3. The summed E-state index contributed by atoms with van der Waals surface area (Å²) in [5.74, 6) is -0.0499. The fourth-order valence-electron chi connectivity index (χ4n) is 5.09. The highest BCUT2D eigenvalue weighted by Crippen LogP contribution is 2.38. The fourth-order valence-corrected chi connectivity index (χ4v) is 5.93. The Kier molecular flexibility index (Phi) is 10.3. The van der Waals surface area contributed by atoms with E-state index in [1.165, 1.54) is 0 Å². The topological polar surface area (TPSA) is 87.7 Å². The van der Waals surface area contributed by atoms with Crippen LogP contribution in [-0.4, -0.2) is 57.3 Å². The standard InChI is InChI=1S/C30H35Cl2N3O4S/c1-22(33-18-24-13-14-26(31)27(32)17-24)29(36)35-16-15-30(21-34-40(2,37)38,25-11-7-4-8-12-25)28(19-35)39-20-23-9-5-3-6-10-23/h3-14,17,22,28,33-34H,15-16,18-21H2,1-2H3. The number of hydrogen-bond donors (Lipinski definition) is 2. The molecule has 3 aromatic rings. The van der Waals surface area contributed by atoms with Crippen molar-refractivity contribution in [2.75, 3.05) is 25.9 Å². The molecule has 40 heavy (non-hydrogen) atoms.